The van der Waals surface area contributed by atoms with Gasteiger partial charge in [-0.1, -0.05) is 46.9 Å². The first-order valence-electron chi connectivity index (χ1n) is 8.58. The molecule has 0 fully saturated rings. The van der Waals surface area contributed by atoms with E-state index < -0.39 is 11.0 Å². The first-order chi connectivity index (χ1) is 13.8. The minimum atomic E-state index is -0.477. The second kappa shape index (κ2) is 9.27. The number of hydrogen-bond acceptors (Lipinski definition) is 4. The van der Waals surface area contributed by atoms with E-state index in [0.29, 0.717) is 26.3 Å². The van der Waals surface area contributed by atoms with Gasteiger partial charge >= 0.3 is 0 Å². The Labute approximate surface area is 182 Å². The van der Waals surface area contributed by atoms with Gasteiger partial charge in [0.2, 0.25) is 0 Å². The molecule has 3 aromatic rings. The summed E-state index contributed by atoms with van der Waals surface area (Å²) in [5.74, 6) is -0.115. The van der Waals surface area contributed by atoms with Gasteiger partial charge < -0.3 is 5.32 Å². The van der Waals surface area contributed by atoms with Crippen LogP contribution in [0.15, 0.2) is 66.7 Å². The number of hydrogen-bond donors (Lipinski definition) is 1. The molecule has 0 heterocycles. The number of nitro groups is 1. The Morgan fingerprint density at radius 3 is 2.34 bits per heavy atom. The smallest absolute Gasteiger partial charge is 0.271 e. The maximum absolute atomic E-state index is 12.8. The molecule has 148 valence electrons. The van der Waals surface area contributed by atoms with Gasteiger partial charge in [-0.2, -0.15) is 0 Å². The summed E-state index contributed by atoms with van der Waals surface area (Å²) in [4.78, 5) is 23.4. The molecule has 0 aliphatic carbocycles. The molecule has 0 aliphatic heterocycles. The molecule has 1 N–H and O–H groups in total. The average molecular weight is 450 g/mol. The Balaban J connectivity index is 1.91. The lowest BCUT2D eigenvalue weighted by Gasteiger charge is -2.20. The fourth-order valence-corrected chi connectivity index (χ4v) is 3.26. The molecule has 0 saturated carbocycles. The highest BCUT2D eigenvalue weighted by atomic mass is 35.5. The van der Waals surface area contributed by atoms with Crippen molar-refractivity contribution in [2.75, 3.05) is 5.32 Å². The van der Waals surface area contributed by atoms with Crippen molar-refractivity contribution in [1.82, 2.24) is 0 Å². The van der Waals surface area contributed by atoms with Gasteiger partial charge in [-0.05, 0) is 48.0 Å². The Morgan fingerprint density at radius 1 is 0.966 bits per heavy atom. The van der Waals surface area contributed by atoms with Crippen LogP contribution in [-0.2, 0) is 0 Å². The topological polar surface area (TPSA) is 72.2 Å². The monoisotopic (exact) mass is 448 g/mol. The molecule has 1 atom stereocenters. The zero-order valence-electron chi connectivity index (χ0n) is 14.9. The molecule has 0 saturated heterocycles. The number of nitrogens with zero attached hydrogens (tertiary/aromatic N) is 1. The second-order valence-corrected chi connectivity index (χ2v) is 7.56. The maximum Gasteiger partial charge on any atom is 0.271 e. The molecule has 8 heteroatoms. The summed E-state index contributed by atoms with van der Waals surface area (Å²) >= 11 is 18.1. The summed E-state index contributed by atoms with van der Waals surface area (Å²) < 4.78 is 0. The number of nitro benzene ring substituents is 1. The van der Waals surface area contributed by atoms with Crippen molar-refractivity contribution in [1.29, 1.82) is 0 Å². The Bertz CT molecular complexity index is 1060. The lowest BCUT2D eigenvalue weighted by atomic mass is 9.97. The van der Waals surface area contributed by atoms with E-state index in [1.165, 1.54) is 12.1 Å². The number of carbonyl (C=O) groups excluding carboxylic acids is 1. The van der Waals surface area contributed by atoms with Crippen LogP contribution in [0, 0.1) is 10.1 Å². The Hall–Kier alpha value is -2.60. The minimum Gasteiger partial charge on any atom is -0.378 e. The SMILES string of the molecule is O=C(CC(Nc1cccc([N+](=O)[O-])c1)c1ccc(Cl)c(Cl)c1)c1ccc(Cl)cc1. The first-order valence-corrected chi connectivity index (χ1v) is 9.71. The molecule has 5 nitrogen and oxygen atoms in total. The average Bonchev–Trinajstić information content (AvgIpc) is 2.70. The number of carbonyl (C=O) groups is 1. The van der Waals surface area contributed by atoms with E-state index in [1.807, 2.05) is 0 Å². The highest BCUT2D eigenvalue weighted by molar-refractivity contribution is 6.42. The predicted molar refractivity (Wildman–Crippen MR) is 116 cm³/mol. The van der Waals surface area contributed by atoms with Crippen LogP contribution in [0.25, 0.3) is 0 Å². The van der Waals surface area contributed by atoms with Crippen molar-refractivity contribution in [2.45, 2.75) is 12.5 Å². The van der Waals surface area contributed by atoms with E-state index in [1.54, 1.807) is 54.6 Å². The first kappa shape index (κ1) is 21.1. The van der Waals surface area contributed by atoms with Crippen molar-refractivity contribution >= 4 is 52.0 Å². The van der Waals surface area contributed by atoms with Gasteiger partial charge in [0.05, 0.1) is 21.0 Å². The zero-order chi connectivity index (χ0) is 21.0. The second-order valence-electron chi connectivity index (χ2n) is 6.31. The van der Waals surface area contributed by atoms with Crippen molar-refractivity contribution < 1.29 is 9.72 Å². The summed E-state index contributed by atoms with van der Waals surface area (Å²) in [7, 11) is 0. The zero-order valence-corrected chi connectivity index (χ0v) is 17.2. The van der Waals surface area contributed by atoms with E-state index in [-0.39, 0.29) is 17.9 Å². The Kier molecular flexibility index (Phi) is 6.75. The summed E-state index contributed by atoms with van der Waals surface area (Å²) in [5.41, 5.74) is 1.71. The molecule has 0 radical (unpaired) electrons. The van der Waals surface area contributed by atoms with Crippen molar-refractivity contribution in [3.63, 3.8) is 0 Å². The van der Waals surface area contributed by atoms with Crippen molar-refractivity contribution in [2.24, 2.45) is 0 Å². The normalized spacial score (nSPS) is 11.7. The van der Waals surface area contributed by atoms with Gasteiger partial charge in [-0.3, -0.25) is 14.9 Å². The lowest BCUT2D eigenvalue weighted by molar-refractivity contribution is -0.384. The number of ketones is 1. The predicted octanol–water partition coefficient (Wildman–Crippen LogP) is 6.98. The van der Waals surface area contributed by atoms with E-state index in [4.69, 9.17) is 34.8 Å². The summed E-state index contributed by atoms with van der Waals surface area (Å²) in [6.45, 7) is 0. The molecule has 0 spiro atoms. The molecule has 0 bridgehead atoms. The van der Waals surface area contributed by atoms with Crippen LogP contribution in [0.5, 0.6) is 0 Å². The molecule has 0 aliphatic rings. The third-order valence-electron chi connectivity index (χ3n) is 4.30. The number of rotatable bonds is 7. The largest absolute Gasteiger partial charge is 0.378 e. The molecule has 3 rings (SSSR count). The molecule has 0 aromatic heterocycles. The number of anilines is 1. The maximum atomic E-state index is 12.8. The molecular weight excluding hydrogens is 435 g/mol. The number of non-ortho nitro benzene ring substituents is 1. The van der Waals surface area contributed by atoms with Gasteiger partial charge in [0.1, 0.15) is 0 Å². The number of nitrogens with one attached hydrogen (secondary N) is 1. The van der Waals surface area contributed by atoms with Crippen molar-refractivity contribution in [3.8, 4) is 0 Å². The molecule has 1 unspecified atom stereocenters. The molecular formula is C21H15Cl3N2O3. The molecule has 29 heavy (non-hydrogen) atoms. The quantitative estimate of drug-likeness (QED) is 0.240. The van der Waals surface area contributed by atoms with Gasteiger partial charge in [0.15, 0.2) is 5.78 Å². The number of Topliss-reactive ketones (excluding diaryl/α,β-unsaturated/α-hetero) is 1. The summed E-state index contributed by atoms with van der Waals surface area (Å²) in [5, 5.41) is 15.5. The summed E-state index contributed by atoms with van der Waals surface area (Å²) in [6, 6.07) is 17.3. The van der Waals surface area contributed by atoms with E-state index in [2.05, 4.69) is 5.32 Å². The van der Waals surface area contributed by atoms with Crippen LogP contribution in [-0.4, -0.2) is 10.7 Å². The summed E-state index contributed by atoms with van der Waals surface area (Å²) in [6.07, 6.45) is 0.0995. The van der Waals surface area contributed by atoms with Gasteiger partial charge in [-0.15, -0.1) is 0 Å². The number of halogens is 3. The van der Waals surface area contributed by atoms with Gasteiger partial charge in [-0.25, -0.2) is 0 Å². The van der Waals surface area contributed by atoms with Gasteiger partial charge in [0, 0.05) is 34.8 Å². The molecule has 0 amide bonds. The highest BCUT2D eigenvalue weighted by Crippen LogP contribution is 2.31. The van der Waals surface area contributed by atoms with Crippen LogP contribution < -0.4 is 5.32 Å². The van der Waals surface area contributed by atoms with E-state index in [9.17, 15) is 14.9 Å². The Morgan fingerprint density at radius 2 is 1.69 bits per heavy atom. The van der Waals surface area contributed by atoms with E-state index in [0.717, 1.165) is 5.56 Å². The molecule has 3 aromatic carbocycles. The fourth-order valence-electron chi connectivity index (χ4n) is 2.83. The van der Waals surface area contributed by atoms with Crippen LogP contribution in [0.1, 0.15) is 28.4 Å². The minimum absolute atomic E-state index is 0.0492. The lowest BCUT2D eigenvalue weighted by Crippen LogP contribution is -2.16. The number of benzene rings is 3. The van der Waals surface area contributed by atoms with Crippen LogP contribution >= 0.6 is 34.8 Å². The van der Waals surface area contributed by atoms with Gasteiger partial charge in [0.25, 0.3) is 5.69 Å². The van der Waals surface area contributed by atoms with Crippen LogP contribution in [0.4, 0.5) is 11.4 Å². The highest BCUT2D eigenvalue weighted by Gasteiger charge is 2.19. The van der Waals surface area contributed by atoms with E-state index >= 15 is 0 Å². The fraction of sp³-hybridized carbons (Fsp3) is 0.0952. The third-order valence-corrected chi connectivity index (χ3v) is 5.29. The van der Waals surface area contributed by atoms with Crippen LogP contribution in [0.2, 0.25) is 15.1 Å². The standard InChI is InChI=1S/C21H15Cl3N2O3/c22-15-7-4-13(5-8-15)21(27)12-20(14-6-9-18(23)19(24)10-14)25-16-2-1-3-17(11-16)26(28)29/h1-11,20,25H,12H2. The van der Waals surface area contributed by atoms with Crippen molar-refractivity contribution in [3.05, 3.63) is 103 Å². The third kappa shape index (κ3) is 5.48. The van der Waals surface area contributed by atoms with Crippen LogP contribution in [0.3, 0.4) is 0 Å².